The van der Waals surface area contributed by atoms with Gasteiger partial charge in [0, 0.05) is 11.4 Å². The Morgan fingerprint density at radius 3 is 2.53 bits per heavy atom. The quantitative estimate of drug-likeness (QED) is 0.872. The van der Waals surface area contributed by atoms with E-state index in [9.17, 15) is 8.42 Å². The SMILES string of the molecule is Cc1ccc(S(=O)(=O)NC2CCCCC2Cl)c(C)c1. The molecule has 0 radical (unpaired) electrons. The topological polar surface area (TPSA) is 46.2 Å². The van der Waals surface area contributed by atoms with Gasteiger partial charge in [-0.1, -0.05) is 30.5 Å². The number of hydrogen-bond acceptors (Lipinski definition) is 2. The molecule has 1 aliphatic rings. The number of aryl methyl sites for hydroxylation is 2. The van der Waals surface area contributed by atoms with Gasteiger partial charge in [-0.2, -0.15) is 0 Å². The lowest BCUT2D eigenvalue weighted by molar-refractivity contribution is 0.418. The van der Waals surface area contributed by atoms with Gasteiger partial charge in [0.05, 0.1) is 4.90 Å². The first kappa shape index (κ1) is 14.8. The van der Waals surface area contributed by atoms with Crippen molar-refractivity contribution in [1.82, 2.24) is 4.72 Å². The third-order valence-corrected chi connectivity index (χ3v) is 5.78. The van der Waals surface area contributed by atoms with E-state index in [1.165, 1.54) is 0 Å². The van der Waals surface area contributed by atoms with Gasteiger partial charge in [0.1, 0.15) is 0 Å². The molecule has 0 aromatic heterocycles. The van der Waals surface area contributed by atoms with E-state index in [1.807, 2.05) is 26.0 Å². The zero-order valence-corrected chi connectivity index (χ0v) is 12.9. The highest BCUT2D eigenvalue weighted by Crippen LogP contribution is 2.25. The number of alkyl halides is 1. The van der Waals surface area contributed by atoms with Gasteiger partial charge in [0.25, 0.3) is 0 Å². The lowest BCUT2D eigenvalue weighted by Crippen LogP contribution is -2.42. The Hall–Kier alpha value is -0.580. The molecule has 0 amide bonds. The summed E-state index contributed by atoms with van der Waals surface area (Å²) < 4.78 is 27.6. The fourth-order valence-electron chi connectivity index (χ4n) is 2.58. The summed E-state index contributed by atoms with van der Waals surface area (Å²) in [6.07, 6.45) is 3.80. The molecule has 19 heavy (non-hydrogen) atoms. The standard InChI is InChI=1S/C14H20ClNO2S/c1-10-7-8-14(11(2)9-10)19(17,18)16-13-6-4-3-5-12(13)15/h7-9,12-13,16H,3-6H2,1-2H3. The minimum atomic E-state index is -3.47. The number of rotatable bonds is 3. The summed E-state index contributed by atoms with van der Waals surface area (Å²) in [5, 5.41) is -0.103. The molecule has 1 N–H and O–H groups in total. The third-order valence-electron chi connectivity index (χ3n) is 3.61. The fraction of sp³-hybridized carbons (Fsp3) is 0.571. The first-order valence-electron chi connectivity index (χ1n) is 6.64. The number of halogens is 1. The van der Waals surface area contributed by atoms with Crippen LogP contribution in [0.15, 0.2) is 23.1 Å². The predicted octanol–water partition coefficient (Wildman–Crippen LogP) is 3.13. The molecule has 0 spiro atoms. The zero-order valence-electron chi connectivity index (χ0n) is 11.3. The van der Waals surface area contributed by atoms with Crippen LogP contribution in [0.25, 0.3) is 0 Å². The van der Waals surface area contributed by atoms with E-state index in [1.54, 1.807) is 6.07 Å². The van der Waals surface area contributed by atoms with Crippen LogP contribution in [0.5, 0.6) is 0 Å². The molecule has 2 atom stereocenters. The van der Waals surface area contributed by atoms with Crippen molar-refractivity contribution >= 4 is 21.6 Å². The van der Waals surface area contributed by atoms with Crippen LogP contribution in [-0.2, 0) is 10.0 Å². The molecule has 2 unspecified atom stereocenters. The molecule has 3 nitrogen and oxygen atoms in total. The van der Waals surface area contributed by atoms with Gasteiger partial charge < -0.3 is 0 Å². The average Bonchev–Trinajstić information content (AvgIpc) is 2.31. The van der Waals surface area contributed by atoms with Crippen molar-refractivity contribution < 1.29 is 8.42 Å². The third kappa shape index (κ3) is 3.50. The Bertz CT molecular complexity index is 557. The van der Waals surface area contributed by atoms with Crippen LogP contribution in [0.2, 0.25) is 0 Å². The van der Waals surface area contributed by atoms with Crippen molar-refractivity contribution in [3.8, 4) is 0 Å². The van der Waals surface area contributed by atoms with Gasteiger partial charge in [-0.3, -0.25) is 0 Å². The Morgan fingerprint density at radius 2 is 1.89 bits per heavy atom. The summed E-state index contributed by atoms with van der Waals surface area (Å²) >= 11 is 6.21. The number of benzene rings is 1. The molecule has 0 saturated heterocycles. The Balaban J connectivity index is 2.22. The van der Waals surface area contributed by atoms with Crippen LogP contribution in [0.3, 0.4) is 0 Å². The Morgan fingerprint density at radius 1 is 1.21 bits per heavy atom. The van der Waals surface area contributed by atoms with Gasteiger partial charge in [-0.25, -0.2) is 13.1 Å². The van der Waals surface area contributed by atoms with Crippen molar-refractivity contribution in [2.75, 3.05) is 0 Å². The maximum Gasteiger partial charge on any atom is 0.241 e. The molecule has 0 bridgehead atoms. The highest BCUT2D eigenvalue weighted by atomic mass is 35.5. The van der Waals surface area contributed by atoms with Crippen molar-refractivity contribution in [2.45, 2.75) is 55.8 Å². The van der Waals surface area contributed by atoms with Crippen LogP contribution >= 0.6 is 11.6 Å². The van der Waals surface area contributed by atoms with E-state index < -0.39 is 10.0 Å². The minimum absolute atomic E-state index is 0.103. The molecule has 1 saturated carbocycles. The fourth-order valence-corrected chi connectivity index (χ4v) is 4.54. The Kier molecular flexibility index (Phi) is 4.54. The molecular weight excluding hydrogens is 282 g/mol. The van der Waals surface area contributed by atoms with E-state index in [-0.39, 0.29) is 11.4 Å². The maximum absolute atomic E-state index is 12.4. The van der Waals surface area contributed by atoms with Crippen molar-refractivity contribution in [3.05, 3.63) is 29.3 Å². The van der Waals surface area contributed by atoms with Crippen molar-refractivity contribution in [3.63, 3.8) is 0 Å². The van der Waals surface area contributed by atoms with Gasteiger partial charge in [0.2, 0.25) is 10.0 Å². The van der Waals surface area contributed by atoms with E-state index in [0.717, 1.165) is 36.8 Å². The number of sulfonamides is 1. The van der Waals surface area contributed by atoms with Crippen LogP contribution in [0.4, 0.5) is 0 Å². The van der Waals surface area contributed by atoms with Gasteiger partial charge in [-0.15, -0.1) is 11.6 Å². The summed E-state index contributed by atoms with van der Waals surface area (Å²) in [4.78, 5) is 0.354. The molecule has 1 aromatic carbocycles. The summed E-state index contributed by atoms with van der Waals surface area (Å²) in [6, 6.07) is 5.22. The summed E-state index contributed by atoms with van der Waals surface area (Å²) in [7, 11) is -3.47. The van der Waals surface area contributed by atoms with E-state index in [4.69, 9.17) is 11.6 Å². The minimum Gasteiger partial charge on any atom is -0.207 e. The largest absolute Gasteiger partial charge is 0.241 e. The smallest absolute Gasteiger partial charge is 0.207 e. The average molecular weight is 302 g/mol. The zero-order chi connectivity index (χ0) is 14.0. The molecular formula is C14H20ClNO2S. The molecule has 2 rings (SSSR count). The second-order valence-corrected chi connectivity index (χ2v) is 7.54. The molecule has 5 heteroatoms. The number of nitrogens with one attached hydrogen (secondary N) is 1. The van der Waals surface area contributed by atoms with Crippen LogP contribution < -0.4 is 4.72 Å². The second kappa shape index (κ2) is 5.81. The summed E-state index contributed by atoms with van der Waals surface area (Å²) in [6.45, 7) is 3.77. The maximum atomic E-state index is 12.4. The Labute approximate surface area is 120 Å². The van der Waals surface area contributed by atoms with Gasteiger partial charge in [-0.05, 0) is 38.3 Å². The highest BCUT2D eigenvalue weighted by Gasteiger charge is 2.28. The van der Waals surface area contributed by atoms with E-state index in [0.29, 0.717) is 4.90 Å². The summed E-state index contributed by atoms with van der Waals surface area (Å²) in [5.41, 5.74) is 1.83. The lowest BCUT2D eigenvalue weighted by atomic mass is 9.96. The molecule has 106 valence electrons. The van der Waals surface area contributed by atoms with Gasteiger partial charge >= 0.3 is 0 Å². The van der Waals surface area contributed by atoms with Crippen LogP contribution in [-0.4, -0.2) is 19.8 Å². The number of hydrogen-bond donors (Lipinski definition) is 1. The van der Waals surface area contributed by atoms with Gasteiger partial charge in [0.15, 0.2) is 0 Å². The molecule has 1 aromatic rings. The second-order valence-electron chi connectivity index (χ2n) is 5.30. The van der Waals surface area contributed by atoms with Crippen molar-refractivity contribution in [2.24, 2.45) is 0 Å². The molecule has 0 aliphatic heterocycles. The van der Waals surface area contributed by atoms with E-state index in [2.05, 4.69) is 4.72 Å². The molecule has 1 fully saturated rings. The monoisotopic (exact) mass is 301 g/mol. The summed E-state index contributed by atoms with van der Waals surface area (Å²) in [5.74, 6) is 0. The van der Waals surface area contributed by atoms with Crippen LogP contribution in [0, 0.1) is 13.8 Å². The van der Waals surface area contributed by atoms with Crippen LogP contribution in [0.1, 0.15) is 36.8 Å². The normalized spacial score (nSPS) is 24.4. The molecule has 0 heterocycles. The van der Waals surface area contributed by atoms with Crippen molar-refractivity contribution in [1.29, 1.82) is 0 Å². The first-order chi connectivity index (χ1) is 8.90. The highest BCUT2D eigenvalue weighted by molar-refractivity contribution is 7.89. The lowest BCUT2D eigenvalue weighted by Gasteiger charge is -2.27. The van der Waals surface area contributed by atoms with E-state index >= 15 is 0 Å². The first-order valence-corrected chi connectivity index (χ1v) is 8.56. The molecule has 1 aliphatic carbocycles. The predicted molar refractivity (Wildman–Crippen MR) is 78.1 cm³/mol.